The van der Waals surface area contributed by atoms with Gasteiger partial charge in [0.2, 0.25) is 0 Å². The first kappa shape index (κ1) is 5.37. The first-order valence-corrected chi connectivity index (χ1v) is 4.08. The number of nitriles is 1. The van der Waals surface area contributed by atoms with Gasteiger partial charge in [0.1, 0.15) is 0 Å². The Labute approximate surface area is 58.7 Å². The Morgan fingerprint density at radius 3 is 2.78 bits per heavy atom. The minimum atomic E-state index is 0.310. The maximum absolute atomic E-state index is 8.59. The van der Waals surface area contributed by atoms with Crippen molar-refractivity contribution in [1.82, 2.24) is 0 Å². The van der Waals surface area contributed by atoms with Crippen molar-refractivity contribution in [3.05, 3.63) is 12.2 Å². The Bertz CT molecular complexity index is 192. The number of rotatable bonds is 0. The summed E-state index contributed by atoms with van der Waals surface area (Å²) in [6, 6.07) is 2.32. The van der Waals surface area contributed by atoms with E-state index in [1.165, 1.54) is 0 Å². The highest BCUT2D eigenvalue weighted by molar-refractivity contribution is 8.01. The van der Waals surface area contributed by atoms with E-state index in [1.807, 2.05) is 11.8 Å². The van der Waals surface area contributed by atoms with E-state index in [4.69, 9.17) is 5.26 Å². The maximum Gasteiger partial charge on any atom is 0.0671 e. The van der Waals surface area contributed by atoms with E-state index in [2.05, 4.69) is 18.2 Å². The molecular formula is C7H7NS. The molecule has 0 saturated carbocycles. The van der Waals surface area contributed by atoms with Gasteiger partial charge in [-0.3, -0.25) is 0 Å². The third-order valence-corrected chi connectivity index (χ3v) is 3.40. The predicted molar refractivity (Wildman–Crippen MR) is 38.0 cm³/mol. The molecule has 2 aliphatic rings. The molecule has 0 radical (unpaired) electrons. The summed E-state index contributed by atoms with van der Waals surface area (Å²) in [5.74, 6) is 0.310. The predicted octanol–water partition coefficient (Wildman–Crippen LogP) is 1.57. The van der Waals surface area contributed by atoms with E-state index >= 15 is 0 Å². The molecule has 1 nitrogen and oxygen atoms in total. The summed E-state index contributed by atoms with van der Waals surface area (Å²) in [5.41, 5.74) is 0. The van der Waals surface area contributed by atoms with Crippen molar-refractivity contribution < 1.29 is 0 Å². The first-order valence-electron chi connectivity index (χ1n) is 3.13. The lowest BCUT2D eigenvalue weighted by Gasteiger charge is -2.05. The molecule has 0 N–H and O–H groups in total. The highest BCUT2D eigenvalue weighted by Gasteiger charge is 2.36. The van der Waals surface area contributed by atoms with Crippen LogP contribution in [0.1, 0.15) is 6.42 Å². The van der Waals surface area contributed by atoms with Crippen LogP contribution in [0.15, 0.2) is 12.2 Å². The zero-order valence-electron chi connectivity index (χ0n) is 4.95. The Hall–Kier alpha value is -0.420. The number of thioether (sulfide) groups is 1. The van der Waals surface area contributed by atoms with E-state index in [0.29, 0.717) is 16.4 Å². The molecule has 0 amide bonds. The third kappa shape index (κ3) is 0.684. The fourth-order valence-corrected chi connectivity index (χ4v) is 2.85. The molecule has 1 fully saturated rings. The molecule has 2 heterocycles. The molecule has 2 aliphatic heterocycles. The van der Waals surface area contributed by atoms with Gasteiger partial charge in [-0.15, -0.1) is 11.8 Å². The van der Waals surface area contributed by atoms with Gasteiger partial charge >= 0.3 is 0 Å². The highest BCUT2D eigenvalue weighted by Crippen LogP contribution is 2.44. The fourth-order valence-electron chi connectivity index (χ4n) is 1.40. The van der Waals surface area contributed by atoms with Crippen molar-refractivity contribution >= 4 is 11.8 Å². The molecule has 2 rings (SSSR count). The summed E-state index contributed by atoms with van der Waals surface area (Å²) < 4.78 is 0. The normalized spacial score (nSPS) is 45.4. The van der Waals surface area contributed by atoms with E-state index in [9.17, 15) is 0 Å². The molecule has 0 aromatic carbocycles. The molecule has 0 unspecified atom stereocenters. The van der Waals surface area contributed by atoms with Gasteiger partial charge in [0.15, 0.2) is 0 Å². The second-order valence-corrected chi connectivity index (χ2v) is 3.92. The van der Waals surface area contributed by atoms with Gasteiger partial charge in [-0.1, -0.05) is 12.2 Å². The van der Waals surface area contributed by atoms with Crippen LogP contribution in [0.3, 0.4) is 0 Å². The van der Waals surface area contributed by atoms with Gasteiger partial charge in [-0.05, 0) is 6.42 Å². The summed E-state index contributed by atoms with van der Waals surface area (Å²) >= 11 is 1.93. The lowest BCUT2D eigenvalue weighted by molar-refractivity contribution is 0.656. The van der Waals surface area contributed by atoms with Crippen molar-refractivity contribution in [2.75, 3.05) is 0 Å². The summed E-state index contributed by atoms with van der Waals surface area (Å²) in [4.78, 5) is 0. The average molecular weight is 137 g/mol. The standard InChI is InChI=1S/C7H7NS/c8-4-5-3-6-1-2-7(5)9-6/h1-2,5-7H,3H2/t5-,6-,7+/m1/s1. The summed E-state index contributed by atoms with van der Waals surface area (Å²) in [5, 5.41) is 9.78. The van der Waals surface area contributed by atoms with Gasteiger partial charge in [0.25, 0.3) is 0 Å². The number of hydrogen-bond acceptors (Lipinski definition) is 2. The monoisotopic (exact) mass is 137 g/mol. The first-order chi connectivity index (χ1) is 4.40. The lowest BCUT2D eigenvalue weighted by atomic mass is 9.96. The third-order valence-electron chi connectivity index (χ3n) is 1.90. The van der Waals surface area contributed by atoms with Crippen molar-refractivity contribution in [2.24, 2.45) is 5.92 Å². The zero-order valence-corrected chi connectivity index (χ0v) is 5.77. The summed E-state index contributed by atoms with van der Waals surface area (Å²) in [7, 11) is 0. The van der Waals surface area contributed by atoms with E-state index in [0.717, 1.165) is 6.42 Å². The van der Waals surface area contributed by atoms with Crippen LogP contribution >= 0.6 is 11.8 Å². The van der Waals surface area contributed by atoms with Crippen molar-refractivity contribution in [1.29, 1.82) is 5.26 Å². The van der Waals surface area contributed by atoms with Gasteiger partial charge in [0.05, 0.1) is 12.0 Å². The molecule has 0 spiro atoms. The molecule has 2 bridgehead atoms. The zero-order chi connectivity index (χ0) is 6.27. The van der Waals surface area contributed by atoms with Gasteiger partial charge < -0.3 is 0 Å². The minimum Gasteiger partial charge on any atom is -0.198 e. The van der Waals surface area contributed by atoms with E-state index < -0.39 is 0 Å². The van der Waals surface area contributed by atoms with Crippen LogP contribution in [0.2, 0.25) is 0 Å². The van der Waals surface area contributed by atoms with Crippen LogP contribution < -0.4 is 0 Å². The second-order valence-electron chi connectivity index (χ2n) is 2.50. The Kier molecular flexibility index (Phi) is 1.06. The van der Waals surface area contributed by atoms with Crippen LogP contribution in [0.25, 0.3) is 0 Å². The fraction of sp³-hybridized carbons (Fsp3) is 0.571. The van der Waals surface area contributed by atoms with Crippen molar-refractivity contribution in [3.63, 3.8) is 0 Å². The smallest absolute Gasteiger partial charge is 0.0671 e. The minimum absolute atomic E-state index is 0.310. The quantitative estimate of drug-likeness (QED) is 0.473. The molecule has 3 atom stereocenters. The maximum atomic E-state index is 8.59. The molecule has 9 heavy (non-hydrogen) atoms. The second kappa shape index (κ2) is 1.78. The average Bonchev–Trinajstić information content (AvgIpc) is 2.45. The van der Waals surface area contributed by atoms with Crippen LogP contribution in [-0.2, 0) is 0 Å². The summed E-state index contributed by atoms with van der Waals surface area (Å²) in [6.07, 6.45) is 5.48. The van der Waals surface area contributed by atoms with Crippen LogP contribution in [0.4, 0.5) is 0 Å². The molecule has 2 heteroatoms. The number of hydrogen-bond donors (Lipinski definition) is 0. The van der Waals surface area contributed by atoms with Gasteiger partial charge in [-0.25, -0.2) is 0 Å². The molecule has 46 valence electrons. The van der Waals surface area contributed by atoms with Crippen molar-refractivity contribution in [3.8, 4) is 6.07 Å². The van der Waals surface area contributed by atoms with Crippen molar-refractivity contribution in [2.45, 2.75) is 16.9 Å². The molecule has 0 aromatic rings. The number of nitrogens with zero attached hydrogens (tertiary/aromatic N) is 1. The largest absolute Gasteiger partial charge is 0.198 e. The van der Waals surface area contributed by atoms with E-state index in [1.54, 1.807) is 0 Å². The van der Waals surface area contributed by atoms with Gasteiger partial charge in [-0.2, -0.15) is 5.26 Å². The molecule has 0 aromatic heterocycles. The Morgan fingerprint density at radius 1 is 1.56 bits per heavy atom. The summed E-state index contributed by atoms with van der Waals surface area (Å²) in [6.45, 7) is 0. The van der Waals surface area contributed by atoms with E-state index in [-0.39, 0.29) is 0 Å². The van der Waals surface area contributed by atoms with Crippen LogP contribution in [0.5, 0.6) is 0 Å². The van der Waals surface area contributed by atoms with Crippen LogP contribution in [0, 0.1) is 17.2 Å². The Balaban J connectivity index is 2.22. The van der Waals surface area contributed by atoms with Crippen LogP contribution in [-0.4, -0.2) is 10.5 Å². The molecular weight excluding hydrogens is 130 g/mol. The number of fused-ring (bicyclic) bond motifs is 2. The Morgan fingerprint density at radius 2 is 2.44 bits per heavy atom. The SMILES string of the molecule is N#C[C@H]1C[C@H]2C=C[C@@H]1S2. The molecule has 0 aliphatic carbocycles. The topological polar surface area (TPSA) is 23.8 Å². The van der Waals surface area contributed by atoms with Gasteiger partial charge in [0, 0.05) is 10.5 Å². The highest BCUT2D eigenvalue weighted by atomic mass is 32.2. The molecule has 1 saturated heterocycles. The lowest BCUT2D eigenvalue weighted by Crippen LogP contribution is -2.08.